The van der Waals surface area contributed by atoms with Gasteiger partial charge < -0.3 is 10.6 Å². The summed E-state index contributed by atoms with van der Waals surface area (Å²) in [5.74, 6) is -0.00238. The maximum atomic E-state index is 12.2. The third-order valence-corrected chi connectivity index (χ3v) is 3.57. The van der Waals surface area contributed by atoms with E-state index in [1.807, 2.05) is 31.2 Å². The summed E-state index contributed by atoms with van der Waals surface area (Å²) in [7, 11) is 1.78. The third kappa shape index (κ3) is 2.68. The highest BCUT2D eigenvalue weighted by Gasteiger charge is 2.16. The number of nitrogen functional groups attached to an aromatic ring is 1. The summed E-state index contributed by atoms with van der Waals surface area (Å²) in [5, 5.41) is 0. The highest BCUT2D eigenvalue weighted by molar-refractivity contribution is 7.11. The molecule has 1 heterocycles. The predicted octanol–water partition coefficient (Wildman–Crippen LogP) is 2.31. The van der Waals surface area contributed by atoms with E-state index in [9.17, 15) is 4.79 Å². The van der Waals surface area contributed by atoms with Gasteiger partial charge in [0.15, 0.2) is 0 Å². The summed E-state index contributed by atoms with van der Waals surface area (Å²) in [6, 6.07) is 7.56. The van der Waals surface area contributed by atoms with Crippen molar-refractivity contribution in [1.29, 1.82) is 0 Å². The number of thiazole rings is 1. The van der Waals surface area contributed by atoms with Crippen LogP contribution in [0.25, 0.3) is 0 Å². The van der Waals surface area contributed by atoms with Crippen LogP contribution in [0.1, 0.15) is 20.9 Å². The van der Waals surface area contributed by atoms with Crippen LogP contribution in [-0.2, 0) is 6.54 Å². The Morgan fingerprint density at radius 1 is 1.50 bits per heavy atom. The van der Waals surface area contributed by atoms with Crippen molar-refractivity contribution < 1.29 is 4.79 Å². The molecule has 2 rings (SSSR count). The molecule has 2 N–H and O–H groups in total. The number of carbonyl (C=O) groups excluding carboxylic acids is 1. The first kappa shape index (κ1) is 12.6. The fourth-order valence-corrected chi connectivity index (χ4v) is 2.51. The smallest absolute Gasteiger partial charge is 0.265 e. The largest absolute Gasteiger partial charge is 0.399 e. The molecule has 0 unspecified atom stereocenters. The SMILES string of the molecule is Cc1ncsc1C(=O)N(C)Cc1cccc(N)c1. The number of nitrogens with zero attached hydrogens (tertiary/aromatic N) is 2. The molecule has 0 fully saturated rings. The van der Waals surface area contributed by atoms with Crippen LogP contribution < -0.4 is 5.73 Å². The van der Waals surface area contributed by atoms with Crippen molar-refractivity contribution in [3.05, 3.63) is 45.9 Å². The number of hydrogen-bond acceptors (Lipinski definition) is 4. The number of benzene rings is 1. The van der Waals surface area contributed by atoms with Crippen LogP contribution in [0.2, 0.25) is 0 Å². The van der Waals surface area contributed by atoms with E-state index in [4.69, 9.17) is 5.73 Å². The van der Waals surface area contributed by atoms with Gasteiger partial charge >= 0.3 is 0 Å². The van der Waals surface area contributed by atoms with E-state index in [0.29, 0.717) is 17.1 Å². The number of rotatable bonds is 3. The van der Waals surface area contributed by atoms with Crippen molar-refractivity contribution in [2.45, 2.75) is 13.5 Å². The Hall–Kier alpha value is -1.88. The summed E-state index contributed by atoms with van der Waals surface area (Å²) in [5.41, 5.74) is 9.92. The molecule has 1 aromatic carbocycles. The van der Waals surface area contributed by atoms with E-state index in [-0.39, 0.29) is 5.91 Å². The lowest BCUT2D eigenvalue weighted by atomic mass is 10.2. The first-order valence-electron chi connectivity index (χ1n) is 5.58. The minimum absolute atomic E-state index is 0.00238. The first-order chi connectivity index (χ1) is 8.58. The lowest BCUT2D eigenvalue weighted by Gasteiger charge is -2.16. The van der Waals surface area contributed by atoms with Crippen molar-refractivity contribution in [3.8, 4) is 0 Å². The topological polar surface area (TPSA) is 59.2 Å². The summed E-state index contributed by atoms with van der Waals surface area (Å²) in [6.45, 7) is 2.39. The highest BCUT2D eigenvalue weighted by atomic mass is 32.1. The molecule has 5 heteroatoms. The molecule has 0 aliphatic carbocycles. The Morgan fingerprint density at radius 3 is 2.89 bits per heavy atom. The van der Waals surface area contributed by atoms with E-state index in [2.05, 4.69) is 4.98 Å². The molecule has 0 spiro atoms. The molecule has 4 nitrogen and oxygen atoms in total. The Kier molecular flexibility index (Phi) is 3.62. The Morgan fingerprint density at radius 2 is 2.28 bits per heavy atom. The van der Waals surface area contributed by atoms with E-state index in [0.717, 1.165) is 11.3 Å². The second kappa shape index (κ2) is 5.18. The molecule has 0 aliphatic rings. The highest BCUT2D eigenvalue weighted by Crippen LogP contribution is 2.16. The summed E-state index contributed by atoms with van der Waals surface area (Å²) >= 11 is 1.37. The predicted molar refractivity (Wildman–Crippen MR) is 73.5 cm³/mol. The lowest BCUT2D eigenvalue weighted by molar-refractivity contribution is 0.0789. The molecule has 0 aliphatic heterocycles. The van der Waals surface area contributed by atoms with Crippen LogP contribution in [0.4, 0.5) is 5.69 Å². The second-order valence-corrected chi connectivity index (χ2v) is 5.03. The summed E-state index contributed by atoms with van der Waals surface area (Å²) in [6.07, 6.45) is 0. The molecular weight excluding hydrogens is 246 g/mol. The minimum atomic E-state index is -0.00238. The lowest BCUT2D eigenvalue weighted by Crippen LogP contribution is -2.26. The van der Waals surface area contributed by atoms with Crippen LogP contribution in [0.15, 0.2) is 29.8 Å². The number of aryl methyl sites for hydroxylation is 1. The van der Waals surface area contributed by atoms with Crippen LogP contribution in [-0.4, -0.2) is 22.8 Å². The quantitative estimate of drug-likeness (QED) is 0.862. The summed E-state index contributed by atoms with van der Waals surface area (Å²) in [4.78, 5) is 18.6. The van der Waals surface area contributed by atoms with E-state index >= 15 is 0 Å². The van der Waals surface area contributed by atoms with E-state index < -0.39 is 0 Å². The molecule has 0 saturated heterocycles. The van der Waals surface area contributed by atoms with Crippen LogP contribution >= 0.6 is 11.3 Å². The summed E-state index contributed by atoms with van der Waals surface area (Å²) < 4.78 is 0. The van der Waals surface area contributed by atoms with Gasteiger partial charge in [-0.25, -0.2) is 4.98 Å². The van der Waals surface area contributed by atoms with Gasteiger partial charge in [0.05, 0.1) is 11.2 Å². The van der Waals surface area contributed by atoms with Crippen molar-refractivity contribution in [2.75, 3.05) is 12.8 Å². The zero-order valence-electron chi connectivity index (χ0n) is 10.4. The van der Waals surface area contributed by atoms with Crippen molar-refractivity contribution >= 4 is 22.9 Å². The average molecular weight is 261 g/mol. The van der Waals surface area contributed by atoms with Crippen LogP contribution in [0, 0.1) is 6.92 Å². The van der Waals surface area contributed by atoms with Crippen molar-refractivity contribution in [2.24, 2.45) is 0 Å². The van der Waals surface area contributed by atoms with Gasteiger partial charge in [-0.3, -0.25) is 4.79 Å². The number of carbonyl (C=O) groups is 1. The van der Waals surface area contributed by atoms with E-state index in [1.54, 1.807) is 17.5 Å². The van der Waals surface area contributed by atoms with Gasteiger partial charge in [-0.1, -0.05) is 12.1 Å². The monoisotopic (exact) mass is 261 g/mol. The van der Waals surface area contributed by atoms with Gasteiger partial charge in [-0.15, -0.1) is 11.3 Å². The van der Waals surface area contributed by atoms with Gasteiger partial charge in [0.2, 0.25) is 0 Å². The molecule has 94 valence electrons. The maximum absolute atomic E-state index is 12.2. The van der Waals surface area contributed by atoms with Crippen molar-refractivity contribution in [3.63, 3.8) is 0 Å². The van der Waals surface area contributed by atoms with Gasteiger partial charge in [0.25, 0.3) is 5.91 Å². The Bertz CT molecular complexity index is 565. The Labute approximate surface area is 110 Å². The number of anilines is 1. The number of amides is 1. The molecule has 1 amide bonds. The molecule has 2 aromatic rings. The molecule has 1 aromatic heterocycles. The molecule has 0 bridgehead atoms. The molecule has 0 radical (unpaired) electrons. The maximum Gasteiger partial charge on any atom is 0.265 e. The Balaban J connectivity index is 2.11. The fraction of sp³-hybridized carbons (Fsp3) is 0.231. The normalized spacial score (nSPS) is 10.3. The van der Waals surface area contributed by atoms with Gasteiger partial charge in [-0.2, -0.15) is 0 Å². The second-order valence-electron chi connectivity index (χ2n) is 4.17. The average Bonchev–Trinajstić information content (AvgIpc) is 2.74. The first-order valence-corrected chi connectivity index (χ1v) is 6.46. The third-order valence-electron chi connectivity index (χ3n) is 2.66. The van der Waals surface area contributed by atoms with Gasteiger partial charge in [-0.05, 0) is 24.6 Å². The standard InChI is InChI=1S/C13H15N3OS/c1-9-12(18-8-15-9)13(17)16(2)7-10-4-3-5-11(14)6-10/h3-6,8H,7,14H2,1-2H3. The van der Waals surface area contributed by atoms with Gasteiger partial charge in [0.1, 0.15) is 4.88 Å². The fourth-order valence-electron chi connectivity index (χ4n) is 1.72. The zero-order chi connectivity index (χ0) is 13.1. The molecule has 18 heavy (non-hydrogen) atoms. The molecule has 0 saturated carbocycles. The molecular formula is C13H15N3OS. The minimum Gasteiger partial charge on any atom is -0.399 e. The number of hydrogen-bond donors (Lipinski definition) is 1. The number of aromatic nitrogens is 1. The van der Waals surface area contributed by atoms with E-state index in [1.165, 1.54) is 11.3 Å². The van der Waals surface area contributed by atoms with Crippen LogP contribution in [0.3, 0.4) is 0 Å². The zero-order valence-corrected chi connectivity index (χ0v) is 11.2. The van der Waals surface area contributed by atoms with Gasteiger partial charge in [0, 0.05) is 19.3 Å². The van der Waals surface area contributed by atoms with Crippen LogP contribution in [0.5, 0.6) is 0 Å². The van der Waals surface area contributed by atoms with Crippen molar-refractivity contribution in [1.82, 2.24) is 9.88 Å². The number of nitrogens with two attached hydrogens (primary N) is 1. The molecule has 0 atom stereocenters.